The highest BCUT2D eigenvalue weighted by Crippen LogP contribution is 2.10. The minimum Gasteiger partial charge on any atom is -0.375 e. The van der Waals surface area contributed by atoms with Gasteiger partial charge >= 0.3 is 0 Å². The van der Waals surface area contributed by atoms with Crippen molar-refractivity contribution >= 4 is 11.6 Å². The van der Waals surface area contributed by atoms with Gasteiger partial charge in [0.1, 0.15) is 6.33 Å². The lowest BCUT2D eigenvalue weighted by molar-refractivity contribution is 0.0943. The predicted octanol–water partition coefficient (Wildman–Crippen LogP) is 1.06. The van der Waals surface area contributed by atoms with Crippen LogP contribution in [-0.2, 0) is 0 Å². The molecule has 0 radical (unpaired) electrons. The van der Waals surface area contributed by atoms with Crippen molar-refractivity contribution in [3.05, 3.63) is 42.5 Å². The molecule has 0 unspecified atom stereocenters. The first-order valence-electron chi connectivity index (χ1n) is 6.17. The van der Waals surface area contributed by atoms with Gasteiger partial charge in [-0.3, -0.25) is 9.89 Å². The average Bonchev–Trinajstić information content (AvgIpc) is 2.98. The molecule has 2 aromatic rings. The molecule has 1 amide bonds. The van der Waals surface area contributed by atoms with Crippen LogP contribution in [0.4, 0.5) is 5.69 Å². The van der Waals surface area contributed by atoms with Gasteiger partial charge in [-0.1, -0.05) is 18.2 Å². The van der Waals surface area contributed by atoms with E-state index in [1.807, 2.05) is 25.2 Å². The van der Waals surface area contributed by atoms with Gasteiger partial charge < -0.3 is 10.2 Å². The highest BCUT2D eigenvalue weighted by Gasteiger charge is 2.07. The number of benzene rings is 1. The number of aromatic amines is 1. The Bertz CT molecular complexity index is 497. The third kappa shape index (κ3) is 3.80. The van der Waals surface area contributed by atoms with Crippen molar-refractivity contribution in [1.29, 1.82) is 0 Å². The molecule has 6 heteroatoms. The molecule has 0 aliphatic rings. The monoisotopic (exact) mass is 259 g/mol. The van der Waals surface area contributed by atoms with Crippen molar-refractivity contribution in [2.24, 2.45) is 0 Å². The second-order valence-electron chi connectivity index (χ2n) is 4.20. The fourth-order valence-electron chi connectivity index (χ4n) is 1.73. The molecule has 0 spiro atoms. The van der Waals surface area contributed by atoms with Crippen LogP contribution in [0.3, 0.4) is 0 Å². The van der Waals surface area contributed by atoms with Crippen molar-refractivity contribution in [2.75, 3.05) is 25.0 Å². The van der Waals surface area contributed by atoms with Gasteiger partial charge in [0.15, 0.2) is 0 Å². The van der Waals surface area contributed by atoms with Crippen LogP contribution in [-0.4, -0.2) is 41.2 Å². The number of rotatable bonds is 6. The molecule has 0 saturated heterocycles. The van der Waals surface area contributed by atoms with E-state index < -0.39 is 0 Å². The summed E-state index contributed by atoms with van der Waals surface area (Å²) in [5.41, 5.74) is 1.17. The number of para-hydroxylation sites is 1. The minimum absolute atomic E-state index is 0.222. The number of hydrogen-bond donors (Lipinski definition) is 2. The lowest BCUT2D eigenvalue weighted by Crippen LogP contribution is -2.28. The Hall–Kier alpha value is -2.37. The Morgan fingerprint density at radius 1 is 1.37 bits per heavy atom. The topological polar surface area (TPSA) is 73.9 Å². The molecule has 1 heterocycles. The van der Waals surface area contributed by atoms with Crippen molar-refractivity contribution in [2.45, 2.75) is 6.42 Å². The SMILES string of the molecule is CN(CCCNC(=O)c1ncn[nH]1)c1ccccc1. The molecule has 1 aromatic heterocycles. The quantitative estimate of drug-likeness (QED) is 0.761. The van der Waals surface area contributed by atoms with Gasteiger partial charge in [-0.15, -0.1) is 0 Å². The molecule has 0 fully saturated rings. The third-order valence-electron chi connectivity index (χ3n) is 2.78. The van der Waals surface area contributed by atoms with Crippen LogP contribution in [0.1, 0.15) is 17.0 Å². The van der Waals surface area contributed by atoms with E-state index in [4.69, 9.17) is 0 Å². The van der Waals surface area contributed by atoms with Gasteiger partial charge in [-0.05, 0) is 18.6 Å². The maximum absolute atomic E-state index is 11.6. The molecule has 0 saturated carbocycles. The van der Waals surface area contributed by atoms with E-state index in [9.17, 15) is 4.79 Å². The van der Waals surface area contributed by atoms with Crippen LogP contribution in [0.5, 0.6) is 0 Å². The van der Waals surface area contributed by atoms with E-state index in [1.54, 1.807) is 0 Å². The summed E-state index contributed by atoms with van der Waals surface area (Å²) in [5.74, 6) is 0.0243. The molecule has 0 aliphatic carbocycles. The zero-order valence-corrected chi connectivity index (χ0v) is 10.8. The van der Waals surface area contributed by atoms with Crippen molar-refractivity contribution < 1.29 is 4.79 Å². The van der Waals surface area contributed by atoms with Gasteiger partial charge in [-0.2, -0.15) is 5.10 Å². The van der Waals surface area contributed by atoms with E-state index in [2.05, 4.69) is 37.5 Å². The number of carbonyl (C=O) groups excluding carboxylic acids is 1. The molecule has 0 atom stereocenters. The van der Waals surface area contributed by atoms with Gasteiger partial charge in [0, 0.05) is 25.8 Å². The summed E-state index contributed by atoms with van der Waals surface area (Å²) in [7, 11) is 2.04. The second kappa shape index (κ2) is 6.53. The molecule has 2 N–H and O–H groups in total. The number of nitrogens with one attached hydrogen (secondary N) is 2. The number of carbonyl (C=O) groups is 1. The lowest BCUT2D eigenvalue weighted by Gasteiger charge is -2.19. The molecule has 19 heavy (non-hydrogen) atoms. The number of hydrogen-bond acceptors (Lipinski definition) is 4. The van der Waals surface area contributed by atoms with Crippen LogP contribution in [0.25, 0.3) is 0 Å². The fraction of sp³-hybridized carbons (Fsp3) is 0.308. The van der Waals surface area contributed by atoms with Gasteiger partial charge in [0.05, 0.1) is 0 Å². The fourth-order valence-corrected chi connectivity index (χ4v) is 1.73. The predicted molar refractivity (Wildman–Crippen MR) is 73.0 cm³/mol. The standard InChI is InChI=1S/C13H17N5O/c1-18(11-6-3-2-4-7-11)9-5-8-14-13(19)12-15-10-16-17-12/h2-4,6-7,10H,5,8-9H2,1H3,(H,14,19)(H,15,16,17). The summed E-state index contributed by atoms with van der Waals surface area (Å²) in [6, 6.07) is 10.1. The molecule has 6 nitrogen and oxygen atoms in total. The van der Waals surface area contributed by atoms with Crippen molar-refractivity contribution in [3.63, 3.8) is 0 Å². The second-order valence-corrected chi connectivity index (χ2v) is 4.20. The van der Waals surface area contributed by atoms with E-state index in [1.165, 1.54) is 12.0 Å². The zero-order chi connectivity index (χ0) is 13.5. The smallest absolute Gasteiger partial charge is 0.288 e. The largest absolute Gasteiger partial charge is 0.375 e. The average molecular weight is 259 g/mol. The normalized spacial score (nSPS) is 10.2. The minimum atomic E-state index is -0.222. The van der Waals surface area contributed by atoms with Crippen LogP contribution < -0.4 is 10.2 Å². The Kier molecular flexibility index (Phi) is 4.49. The first-order valence-corrected chi connectivity index (χ1v) is 6.17. The Morgan fingerprint density at radius 2 is 2.16 bits per heavy atom. The van der Waals surface area contributed by atoms with E-state index in [0.717, 1.165) is 13.0 Å². The van der Waals surface area contributed by atoms with Gasteiger partial charge in [0.25, 0.3) is 5.91 Å². The summed E-state index contributed by atoms with van der Waals surface area (Å²) in [6.07, 6.45) is 2.18. The molecular formula is C13H17N5O. The zero-order valence-electron chi connectivity index (χ0n) is 10.8. The third-order valence-corrected chi connectivity index (χ3v) is 2.78. The number of aromatic nitrogens is 3. The number of anilines is 1. The highest BCUT2D eigenvalue weighted by molar-refractivity contribution is 5.90. The first kappa shape index (κ1) is 13.1. The van der Waals surface area contributed by atoms with Gasteiger partial charge in [0.2, 0.25) is 5.82 Å². The lowest BCUT2D eigenvalue weighted by atomic mass is 10.3. The van der Waals surface area contributed by atoms with Crippen molar-refractivity contribution in [1.82, 2.24) is 20.5 Å². The Morgan fingerprint density at radius 3 is 2.84 bits per heavy atom. The number of amides is 1. The molecule has 2 rings (SSSR count). The van der Waals surface area contributed by atoms with Crippen LogP contribution in [0.15, 0.2) is 36.7 Å². The number of H-pyrrole nitrogens is 1. The van der Waals surface area contributed by atoms with Crippen LogP contribution in [0, 0.1) is 0 Å². The highest BCUT2D eigenvalue weighted by atomic mass is 16.2. The first-order chi connectivity index (χ1) is 9.27. The van der Waals surface area contributed by atoms with E-state index >= 15 is 0 Å². The summed E-state index contributed by atoms with van der Waals surface area (Å²) in [4.78, 5) is 17.5. The molecule has 0 aliphatic heterocycles. The van der Waals surface area contributed by atoms with Crippen LogP contribution >= 0.6 is 0 Å². The molecule has 1 aromatic carbocycles. The summed E-state index contributed by atoms with van der Waals surface area (Å²) in [6.45, 7) is 1.48. The van der Waals surface area contributed by atoms with Crippen LogP contribution in [0.2, 0.25) is 0 Å². The molecule has 100 valence electrons. The van der Waals surface area contributed by atoms with Crippen molar-refractivity contribution in [3.8, 4) is 0 Å². The maximum atomic E-state index is 11.6. The molecular weight excluding hydrogens is 242 g/mol. The summed E-state index contributed by atoms with van der Waals surface area (Å²) in [5, 5.41) is 8.96. The van der Waals surface area contributed by atoms with E-state index in [0.29, 0.717) is 6.54 Å². The molecule has 0 bridgehead atoms. The number of nitrogens with zero attached hydrogens (tertiary/aromatic N) is 3. The Balaban J connectivity index is 1.68. The van der Waals surface area contributed by atoms with E-state index in [-0.39, 0.29) is 11.7 Å². The summed E-state index contributed by atoms with van der Waals surface area (Å²) < 4.78 is 0. The maximum Gasteiger partial charge on any atom is 0.288 e. The summed E-state index contributed by atoms with van der Waals surface area (Å²) >= 11 is 0. The Labute approximate surface area is 111 Å². The van der Waals surface area contributed by atoms with Gasteiger partial charge in [-0.25, -0.2) is 4.98 Å².